The van der Waals surface area contributed by atoms with Gasteiger partial charge in [0, 0.05) is 52.0 Å². The fourth-order valence-corrected chi connectivity index (χ4v) is 9.32. The number of nitrogens with zero attached hydrogens (tertiary/aromatic N) is 1. The Labute approximate surface area is 338 Å². The number of carbonyl (C=O) groups excluding carboxylic acids is 4. The van der Waals surface area contributed by atoms with Crippen molar-refractivity contribution in [1.82, 2.24) is 4.90 Å². The number of allylic oxidation sites excluding steroid dienone is 2. The topological polar surface area (TPSA) is 199 Å². The summed E-state index contributed by atoms with van der Waals surface area (Å²) in [6, 6.07) is -1.16. The Balaban J connectivity index is 1.79. The minimum atomic E-state index is -2.57. The highest BCUT2D eigenvalue weighted by molar-refractivity contribution is 6.39. The zero-order valence-electron chi connectivity index (χ0n) is 35.4. The van der Waals surface area contributed by atoms with Crippen LogP contribution in [0.25, 0.3) is 0 Å². The highest BCUT2D eigenvalue weighted by Gasteiger charge is 2.56. The van der Waals surface area contributed by atoms with Gasteiger partial charge in [0.05, 0.1) is 36.6 Å². The molecule has 0 aromatic carbocycles. The summed E-state index contributed by atoms with van der Waals surface area (Å²) in [5, 5.41) is 45.6. The van der Waals surface area contributed by atoms with Gasteiger partial charge in [0.1, 0.15) is 18.2 Å². The van der Waals surface area contributed by atoms with Gasteiger partial charge in [0.15, 0.2) is 5.78 Å². The maximum Gasteiger partial charge on any atom is 0.329 e. The number of rotatable bonds is 6. The minimum Gasteiger partial charge on any atom is -0.456 e. The van der Waals surface area contributed by atoms with Gasteiger partial charge in [-0.1, -0.05) is 46.8 Å². The van der Waals surface area contributed by atoms with Crippen LogP contribution in [0, 0.1) is 29.6 Å². The fourth-order valence-electron chi connectivity index (χ4n) is 9.32. The molecule has 1 amide bonds. The number of hydrogen-bond acceptors (Lipinski definition) is 13. The predicted octanol–water partition coefficient (Wildman–Crippen LogP) is 3.44. The first kappa shape index (κ1) is 47.1. The van der Waals surface area contributed by atoms with E-state index >= 15 is 0 Å². The van der Waals surface area contributed by atoms with Crippen molar-refractivity contribution < 1.29 is 63.3 Å². The summed E-state index contributed by atoms with van der Waals surface area (Å²) in [6.07, 6.45) is 0.598. The van der Waals surface area contributed by atoms with Crippen molar-refractivity contribution in [2.24, 2.45) is 29.6 Å². The zero-order valence-corrected chi connectivity index (χ0v) is 35.4. The number of amides is 1. The summed E-state index contributed by atoms with van der Waals surface area (Å²) < 4.78 is 29.6. The molecule has 2 unspecified atom stereocenters. The van der Waals surface area contributed by atoms with Crippen molar-refractivity contribution in [2.75, 3.05) is 27.9 Å². The maximum atomic E-state index is 14.3. The van der Waals surface area contributed by atoms with Gasteiger partial charge in [0.25, 0.3) is 11.7 Å². The number of methoxy groups -OCH3 is 3. The number of esters is 1. The lowest BCUT2D eigenvalue weighted by Crippen LogP contribution is -2.64. The Kier molecular flexibility index (Phi) is 17.0. The van der Waals surface area contributed by atoms with Gasteiger partial charge in [-0.3, -0.25) is 14.4 Å². The van der Waals surface area contributed by atoms with Crippen LogP contribution in [-0.4, -0.2) is 137 Å². The number of aliphatic hydroxyl groups is 4. The Morgan fingerprint density at radius 1 is 0.895 bits per heavy atom. The number of carbonyl (C=O) groups is 4. The molecule has 1 aliphatic carbocycles. The zero-order chi connectivity index (χ0) is 42.4. The molecule has 0 radical (unpaired) electrons. The molecule has 0 aromatic heterocycles. The maximum absolute atomic E-state index is 14.3. The smallest absolute Gasteiger partial charge is 0.329 e. The standard InChI is InChI=1S/C43H69NO13/c1-10-29-18-23(2)37(48)24(3)19-35(54-8)39-36(55-9)20-26(5)43(52,57-39)40(49)41(50)44-16-12-11-13-30(44)42(51)56-38(27(6)32(46)22-33(29)47)25(4)17-28-14-15-31(45)34(21-28)53-7/h17-18,23-24,26-28,30-32,34-39,45-46,48,52H,10-16,19-22H2,1-9H3/t23?,24-,26-,27-,28+,30+,31-,32+,34-,35+,36+,37?,38-,39-,43-/m1/s1. The highest BCUT2D eigenvalue weighted by atomic mass is 16.7. The van der Waals surface area contributed by atoms with E-state index in [0.29, 0.717) is 49.7 Å². The number of ether oxygens (including phenoxy) is 5. The van der Waals surface area contributed by atoms with Gasteiger partial charge >= 0.3 is 5.97 Å². The van der Waals surface area contributed by atoms with Gasteiger partial charge in [-0.25, -0.2) is 4.79 Å². The van der Waals surface area contributed by atoms with E-state index in [1.165, 1.54) is 14.2 Å². The summed E-state index contributed by atoms with van der Waals surface area (Å²) in [4.78, 5) is 57.6. The third-order valence-electron chi connectivity index (χ3n) is 13.2. The first-order chi connectivity index (χ1) is 26.9. The predicted molar refractivity (Wildman–Crippen MR) is 209 cm³/mol. The number of cyclic esters (lactones) is 1. The number of ketones is 2. The molecule has 4 rings (SSSR count). The van der Waals surface area contributed by atoms with E-state index in [9.17, 15) is 39.6 Å². The first-order valence-electron chi connectivity index (χ1n) is 20.9. The van der Waals surface area contributed by atoms with Gasteiger partial charge < -0.3 is 49.0 Å². The molecule has 324 valence electrons. The van der Waals surface area contributed by atoms with Crippen LogP contribution < -0.4 is 0 Å². The van der Waals surface area contributed by atoms with Crippen LogP contribution in [0.2, 0.25) is 0 Å². The second-order valence-electron chi connectivity index (χ2n) is 17.1. The summed E-state index contributed by atoms with van der Waals surface area (Å²) in [6.45, 7) is 10.6. The van der Waals surface area contributed by atoms with E-state index < -0.39 is 95.9 Å². The number of aliphatic hydroxyl groups excluding tert-OH is 3. The van der Waals surface area contributed by atoms with E-state index in [4.69, 9.17) is 23.7 Å². The summed E-state index contributed by atoms with van der Waals surface area (Å²) in [7, 11) is 4.49. The van der Waals surface area contributed by atoms with Crippen LogP contribution in [0.3, 0.4) is 0 Å². The van der Waals surface area contributed by atoms with Gasteiger partial charge in [-0.2, -0.15) is 0 Å². The SMILES string of the molecule is CCC1=CC(C)C(O)[C@H](C)C[C@H](OC)[C@H]2O[C@@](O)(C(=O)C(=O)N3CCCC[C@H]3C(=O)O[C@H](C(C)=C[C@@H]3CC[C@@H](O)[C@H](OC)C3)[C@H](C)[C@@H](O)CC1=O)[C@H](C)C[C@@H]2OC. The van der Waals surface area contributed by atoms with Crippen LogP contribution in [0.15, 0.2) is 23.3 Å². The Morgan fingerprint density at radius 3 is 2.18 bits per heavy atom. The van der Waals surface area contributed by atoms with Crippen LogP contribution >= 0.6 is 0 Å². The lowest BCUT2D eigenvalue weighted by atomic mass is 9.81. The molecule has 4 N–H and O–H groups in total. The molecular formula is C43H69NO13. The lowest BCUT2D eigenvalue weighted by molar-refractivity contribution is -0.303. The highest BCUT2D eigenvalue weighted by Crippen LogP contribution is 2.39. The monoisotopic (exact) mass is 807 g/mol. The molecule has 2 bridgehead atoms. The Hall–Kier alpha value is -2.56. The molecule has 1 saturated carbocycles. The average Bonchev–Trinajstić information content (AvgIpc) is 3.20. The number of hydrogen-bond donors (Lipinski definition) is 4. The van der Waals surface area contributed by atoms with E-state index in [0.717, 1.165) is 4.90 Å². The molecular weight excluding hydrogens is 738 g/mol. The number of Topliss-reactive ketones (excluding diaryl/α,β-unsaturated/α-hetero) is 2. The molecule has 57 heavy (non-hydrogen) atoms. The van der Waals surface area contributed by atoms with Crippen LogP contribution in [0.5, 0.6) is 0 Å². The Morgan fingerprint density at radius 2 is 1.54 bits per heavy atom. The molecule has 3 aliphatic heterocycles. The molecule has 0 spiro atoms. The van der Waals surface area contributed by atoms with Crippen molar-refractivity contribution in [3.05, 3.63) is 23.3 Å². The minimum absolute atomic E-state index is 0.0269. The van der Waals surface area contributed by atoms with Crippen molar-refractivity contribution in [3.8, 4) is 0 Å². The average molecular weight is 808 g/mol. The Bertz CT molecular complexity index is 1470. The molecule has 0 aromatic rings. The number of fused-ring (bicyclic) bond motifs is 3. The van der Waals surface area contributed by atoms with Crippen LogP contribution in [-0.2, 0) is 42.9 Å². The molecule has 15 atom stereocenters. The van der Waals surface area contributed by atoms with Crippen molar-refractivity contribution in [1.29, 1.82) is 0 Å². The number of piperidine rings is 1. The second kappa shape index (κ2) is 20.6. The molecule has 14 nitrogen and oxygen atoms in total. The van der Waals surface area contributed by atoms with Crippen molar-refractivity contribution >= 4 is 23.4 Å². The fraction of sp³-hybridized carbons (Fsp3) is 0.814. The lowest BCUT2D eigenvalue weighted by Gasteiger charge is -2.47. The van der Waals surface area contributed by atoms with Gasteiger partial charge in [-0.05, 0) is 87.7 Å². The van der Waals surface area contributed by atoms with Crippen molar-refractivity contribution in [2.45, 2.75) is 166 Å². The molecule has 3 heterocycles. The summed E-state index contributed by atoms with van der Waals surface area (Å²) in [5.41, 5.74) is 1.08. The third-order valence-corrected chi connectivity index (χ3v) is 13.2. The van der Waals surface area contributed by atoms with Crippen molar-refractivity contribution in [3.63, 3.8) is 0 Å². The molecule has 14 heteroatoms. The third kappa shape index (κ3) is 10.8. The first-order valence-corrected chi connectivity index (χ1v) is 20.9. The summed E-state index contributed by atoms with van der Waals surface area (Å²) >= 11 is 0. The van der Waals surface area contributed by atoms with E-state index in [-0.39, 0.29) is 50.0 Å². The molecule has 3 fully saturated rings. The van der Waals surface area contributed by atoms with Crippen LogP contribution in [0.4, 0.5) is 0 Å². The quantitative estimate of drug-likeness (QED) is 0.173. The van der Waals surface area contributed by atoms with E-state index in [1.807, 2.05) is 19.9 Å². The molecule has 2 saturated heterocycles. The second-order valence-corrected chi connectivity index (χ2v) is 17.1. The largest absolute Gasteiger partial charge is 0.456 e. The van der Waals surface area contributed by atoms with Crippen LogP contribution in [0.1, 0.15) is 106 Å². The van der Waals surface area contributed by atoms with E-state index in [1.54, 1.807) is 40.9 Å². The van der Waals surface area contributed by atoms with E-state index in [2.05, 4.69) is 0 Å². The normalized spacial score (nSPS) is 41.5. The van der Waals surface area contributed by atoms with Gasteiger partial charge in [0.2, 0.25) is 5.79 Å². The summed E-state index contributed by atoms with van der Waals surface area (Å²) in [5.74, 6) is -8.51. The van der Waals surface area contributed by atoms with Gasteiger partial charge in [-0.15, -0.1) is 0 Å². The molecule has 4 aliphatic rings.